The number of ether oxygens (including phenoxy) is 1. The Bertz CT molecular complexity index is 406. The van der Waals surface area contributed by atoms with E-state index in [0.29, 0.717) is 17.1 Å². The van der Waals surface area contributed by atoms with Crippen LogP contribution < -0.4 is 0 Å². The van der Waals surface area contributed by atoms with Crippen LogP contribution >= 0.6 is 11.8 Å². The molecule has 1 N–H and O–H groups in total. The molecule has 0 saturated carbocycles. The van der Waals surface area contributed by atoms with Crippen LogP contribution in [-0.4, -0.2) is 23.4 Å². The highest BCUT2D eigenvalue weighted by molar-refractivity contribution is 7.99. The average molecular weight is 228 g/mol. The van der Waals surface area contributed by atoms with E-state index < -0.39 is 11.8 Å². The topological polar surface area (TPSA) is 46.5 Å². The van der Waals surface area contributed by atoms with Crippen LogP contribution in [0, 0.1) is 5.82 Å². The summed E-state index contributed by atoms with van der Waals surface area (Å²) in [6.07, 6.45) is 0. The quantitative estimate of drug-likeness (QED) is 0.800. The van der Waals surface area contributed by atoms with Crippen molar-refractivity contribution in [3.05, 3.63) is 29.1 Å². The van der Waals surface area contributed by atoms with Crippen LogP contribution in [-0.2, 0) is 11.3 Å². The van der Waals surface area contributed by atoms with Crippen LogP contribution in [0.25, 0.3) is 0 Å². The fourth-order valence-electron chi connectivity index (χ4n) is 1.39. The Labute approximate surface area is 90.2 Å². The van der Waals surface area contributed by atoms with Gasteiger partial charge in [0, 0.05) is 16.2 Å². The molecule has 0 amide bonds. The van der Waals surface area contributed by atoms with Gasteiger partial charge in [-0.05, 0) is 12.1 Å². The van der Waals surface area contributed by atoms with Crippen LogP contribution in [0.4, 0.5) is 4.39 Å². The van der Waals surface area contributed by atoms with E-state index in [1.54, 1.807) is 0 Å². The standard InChI is InChI=1S/C10H9FO3S/c11-8-3-6(10(12)13)4-9-7(8)5-14-1-2-15-9/h3-4H,1-2,5H2,(H,12,13). The number of hydrogen-bond donors (Lipinski definition) is 1. The number of carboxylic acids is 1. The minimum Gasteiger partial charge on any atom is -0.478 e. The van der Waals surface area contributed by atoms with Crippen molar-refractivity contribution in [2.24, 2.45) is 0 Å². The van der Waals surface area contributed by atoms with Gasteiger partial charge in [-0.25, -0.2) is 9.18 Å². The minimum absolute atomic E-state index is 0.0133. The Balaban J connectivity index is 2.48. The molecule has 0 spiro atoms. The highest BCUT2D eigenvalue weighted by atomic mass is 32.2. The van der Waals surface area contributed by atoms with Gasteiger partial charge in [-0.1, -0.05) is 0 Å². The van der Waals surface area contributed by atoms with Crippen molar-refractivity contribution in [1.82, 2.24) is 0 Å². The molecule has 1 aliphatic rings. The maximum atomic E-state index is 13.5. The van der Waals surface area contributed by atoms with E-state index in [2.05, 4.69) is 0 Å². The van der Waals surface area contributed by atoms with Crippen molar-refractivity contribution in [3.63, 3.8) is 0 Å². The van der Waals surface area contributed by atoms with Crippen LogP contribution in [0.2, 0.25) is 0 Å². The second kappa shape index (κ2) is 4.20. The minimum atomic E-state index is -1.11. The summed E-state index contributed by atoms with van der Waals surface area (Å²) in [5.41, 5.74) is 0.447. The van der Waals surface area contributed by atoms with Crippen molar-refractivity contribution < 1.29 is 19.0 Å². The van der Waals surface area contributed by atoms with E-state index >= 15 is 0 Å². The SMILES string of the molecule is O=C(O)c1cc(F)c2c(c1)SCCOC2. The highest BCUT2D eigenvalue weighted by Crippen LogP contribution is 2.29. The fourth-order valence-corrected chi connectivity index (χ4v) is 2.35. The van der Waals surface area contributed by atoms with Gasteiger partial charge in [-0.2, -0.15) is 0 Å². The van der Waals surface area contributed by atoms with Crippen LogP contribution in [0.5, 0.6) is 0 Å². The predicted molar refractivity (Wildman–Crippen MR) is 53.7 cm³/mol. The lowest BCUT2D eigenvalue weighted by Crippen LogP contribution is -2.01. The molecule has 2 rings (SSSR count). The smallest absolute Gasteiger partial charge is 0.335 e. The lowest BCUT2D eigenvalue weighted by molar-refractivity contribution is 0.0695. The summed E-state index contributed by atoms with van der Waals surface area (Å²) in [7, 11) is 0. The van der Waals surface area contributed by atoms with Gasteiger partial charge < -0.3 is 9.84 Å². The fraction of sp³-hybridized carbons (Fsp3) is 0.300. The monoisotopic (exact) mass is 228 g/mol. The number of fused-ring (bicyclic) bond motifs is 1. The lowest BCUT2D eigenvalue weighted by Gasteiger charge is -2.06. The van der Waals surface area contributed by atoms with E-state index in [0.717, 1.165) is 11.8 Å². The third-order valence-electron chi connectivity index (χ3n) is 2.13. The van der Waals surface area contributed by atoms with Gasteiger partial charge in [0.05, 0.1) is 18.8 Å². The molecule has 0 aromatic heterocycles. The summed E-state index contributed by atoms with van der Waals surface area (Å²) in [5.74, 6) is -0.892. The summed E-state index contributed by atoms with van der Waals surface area (Å²) >= 11 is 1.43. The van der Waals surface area contributed by atoms with Gasteiger partial charge >= 0.3 is 5.97 Å². The third kappa shape index (κ3) is 2.13. The second-order valence-corrected chi connectivity index (χ2v) is 4.28. The first-order valence-corrected chi connectivity index (χ1v) is 5.43. The number of benzene rings is 1. The second-order valence-electron chi connectivity index (χ2n) is 3.14. The number of hydrogen-bond acceptors (Lipinski definition) is 3. The summed E-state index contributed by atoms with van der Waals surface area (Å²) in [4.78, 5) is 11.4. The maximum Gasteiger partial charge on any atom is 0.335 e. The number of rotatable bonds is 1. The molecule has 0 unspecified atom stereocenters. The molecule has 1 aliphatic heterocycles. The molecule has 0 radical (unpaired) electrons. The highest BCUT2D eigenvalue weighted by Gasteiger charge is 2.16. The Morgan fingerprint density at radius 3 is 3.07 bits per heavy atom. The molecule has 0 bridgehead atoms. The summed E-state index contributed by atoms with van der Waals surface area (Å²) in [6.45, 7) is 0.773. The summed E-state index contributed by atoms with van der Waals surface area (Å²) in [6, 6.07) is 2.54. The largest absolute Gasteiger partial charge is 0.478 e. The number of aromatic carboxylic acids is 1. The first kappa shape index (κ1) is 10.4. The van der Waals surface area contributed by atoms with E-state index in [9.17, 15) is 9.18 Å². The molecule has 1 aromatic carbocycles. The molecule has 15 heavy (non-hydrogen) atoms. The molecular formula is C10H9FO3S. The first-order valence-electron chi connectivity index (χ1n) is 4.45. The van der Waals surface area contributed by atoms with Gasteiger partial charge in [-0.3, -0.25) is 0 Å². The number of halogens is 1. The molecule has 1 heterocycles. The zero-order chi connectivity index (χ0) is 10.8. The zero-order valence-corrected chi connectivity index (χ0v) is 8.64. The van der Waals surface area contributed by atoms with Gasteiger partial charge in [-0.15, -0.1) is 11.8 Å². The summed E-state index contributed by atoms with van der Waals surface area (Å²) < 4.78 is 18.7. The molecular weight excluding hydrogens is 219 g/mol. The van der Waals surface area contributed by atoms with Crippen LogP contribution in [0.15, 0.2) is 17.0 Å². The molecule has 1 aromatic rings. The zero-order valence-electron chi connectivity index (χ0n) is 7.83. The van der Waals surface area contributed by atoms with Crippen molar-refractivity contribution >= 4 is 17.7 Å². The maximum absolute atomic E-state index is 13.5. The van der Waals surface area contributed by atoms with Gasteiger partial charge in [0.15, 0.2) is 0 Å². The van der Waals surface area contributed by atoms with Gasteiger partial charge in [0.2, 0.25) is 0 Å². The molecule has 3 nitrogen and oxygen atoms in total. The van der Waals surface area contributed by atoms with Crippen LogP contribution in [0.3, 0.4) is 0 Å². The van der Waals surface area contributed by atoms with E-state index in [1.807, 2.05) is 0 Å². The number of thioether (sulfide) groups is 1. The molecule has 0 aliphatic carbocycles. The Hall–Kier alpha value is -1.07. The summed E-state index contributed by atoms with van der Waals surface area (Å²) in [5, 5.41) is 8.77. The van der Waals surface area contributed by atoms with Crippen molar-refractivity contribution in [3.8, 4) is 0 Å². The Kier molecular flexibility index (Phi) is 2.93. The van der Waals surface area contributed by atoms with Gasteiger partial charge in [0.1, 0.15) is 5.82 Å². The lowest BCUT2D eigenvalue weighted by atomic mass is 10.1. The number of carbonyl (C=O) groups is 1. The molecule has 0 fully saturated rings. The van der Waals surface area contributed by atoms with E-state index in [4.69, 9.17) is 9.84 Å². The molecule has 80 valence electrons. The third-order valence-corrected chi connectivity index (χ3v) is 3.18. The number of carboxylic acid groups (broad SMARTS) is 1. The van der Waals surface area contributed by atoms with Crippen molar-refractivity contribution in [2.75, 3.05) is 12.4 Å². The Morgan fingerprint density at radius 1 is 1.53 bits per heavy atom. The Morgan fingerprint density at radius 2 is 2.33 bits per heavy atom. The van der Waals surface area contributed by atoms with Gasteiger partial charge in [0.25, 0.3) is 0 Å². The average Bonchev–Trinajstić information content (AvgIpc) is 2.42. The van der Waals surface area contributed by atoms with Crippen molar-refractivity contribution in [1.29, 1.82) is 0 Å². The van der Waals surface area contributed by atoms with Crippen LogP contribution in [0.1, 0.15) is 15.9 Å². The molecule has 0 saturated heterocycles. The normalized spacial score (nSPS) is 15.5. The predicted octanol–water partition coefficient (Wildman–Crippen LogP) is 2.15. The molecule has 5 heteroatoms. The molecule has 0 atom stereocenters. The van der Waals surface area contributed by atoms with E-state index in [-0.39, 0.29) is 12.2 Å². The van der Waals surface area contributed by atoms with Crippen molar-refractivity contribution in [2.45, 2.75) is 11.5 Å². The van der Waals surface area contributed by atoms with E-state index in [1.165, 1.54) is 17.8 Å². The first-order chi connectivity index (χ1) is 7.18.